The lowest BCUT2D eigenvalue weighted by molar-refractivity contribution is -0.121. The summed E-state index contributed by atoms with van der Waals surface area (Å²) in [6.45, 7) is 7.22. The molecule has 0 radical (unpaired) electrons. The molecule has 0 aliphatic heterocycles. The predicted molar refractivity (Wildman–Crippen MR) is 112 cm³/mol. The van der Waals surface area contributed by atoms with E-state index in [1.165, 1.54) is 6.07 Å². The van der Waals surface area contributed by atoms with Gasteiger partial charge in [0.1, 0.15) is 5.60 Å². The van der Waals surface area contributed by atoms with Gasteiger partial charge in [-0.3, -0.25) is 10.1 Å². The molecule has 0 fully saturated rings. The summed E-state index contributed by atoms with van der Waals surface area (Å²) in [6, 6.07) is 10.7. The van der Waals surface area contributed by atoms with E-state index in [9.17, 15) is 18.4 Å². The average molecular weight is 418 g/mol. The molecule has 0 saturated heterocycles. The molecular weight excluding hydrogens is 390 g/mol. The lowest BCUT2D eigenvalue weighted by Gasteiger charge is -2.19. The molecule has 7 heteroatoms. The Kier molecular flexibility index (Phi) is 7.92. The lowest BCUT2D eigenvalue weighted by atomic mass is 10.1. The van der Waals surface area contributed by atoms with Gasteiger partial charge in [-0.15, -0.1) is 0 Å². The molecular formula is C23H28F2N2O3. The predicted octanol–water partition coefficient (Wildman–Crippen LogP) is 4.99. The van der Waals surface area contributed by atoms with E-state index in [2.05, 4.69) is 10.6 Å². The molecule has 2 rings (SSSR count). The van der Waals surface area contributed by atoms with E-state index < -0.39 is 23.3 Å². The molecule has 0 saturated carbocycles. The van der Waals surface area contributed by atoms with Crippen molar-refractivity contribution < 1.29 is 23.1 Å². The van der Waals surface area contributed by atoms with Gasteiger partial charge < -0.3 is 10.1 Å². The first-order valence-electron chi connectivity index (χ1n) is 9.84. The summed E-state index contributed by atoms with van der Waals surface area (Å²) in [5, 5.41) is 5.54. The summed E-state index contributed by atoms with van der Waals surface area (Å²) < 4.78 is 31.4. The molecule has 5 nitrogen and oxygen atoms in total. The first-order valence-corrected chi connectivity index (χ1v) is 9.84. The highest BCUT2D eigenvalue weighted by atomic mass is 19.2. The van der Waals surface area contributed by atoms with Crippen LogP contribution in [0.5, 0.6) is 0 Å². The SMILES string of the molecule is CC(CCc1ccc(F)c(F)c1)NC(=O)Cc1ccc(NC(=O)OC(C)(C)C)cc1. The third kappa shape index (κ3) is 8.19. The third-order valence-corrected chi connectivity index (χ3v) is 4.22. The molecule has 1 atom stereocenters. The van der Waals surface area contributed by atoms with Crippen molar-refractivity contribution >= 4 is 17.7 Å². The fraction of sp³-hybridized carbons (Fsp3) is 0.391. The van der Waals surface area contributed by atoms with Crippen molar-refractivity contribution in [3.63, 3.8) is 0 Å². The maximum Gasteiger partial charge on any atom is 0.412 e. The van der Waals surface area contributed by atoms with Gasteiger partial charge in [0.05, 0.1) is 6.42 Å². The monoisotopic (exact) mass is 418 g/mol. The molecule has 2 amide bonds. The first kappa shape index (κ1) is 23.3. The molecule has 2 N–H and O–H groups in total. The number of anilines is 1. The van der Waals surface area contributed by atoms with Gasteiger partial charge in [0.15, 0.2) is 11.6 Å². The molecule has 0 aromatic heterocycles. The van der Waals surface area contributed by atoms with Gasteiger partial charge in [-0.25, -0.2) is 13.6 Å². The topological polar surface area (TPSA) is 67.4 Å². The minimum Gasteiger partial charge on any atom is -0.444 e. The highest BCUT2D eigenvalue weighted by Crippen LogP contribution is 2.14. The number of amides is 2. The number of ether oxygens (including phenoxy) is 1. The Balaban J connectivity index is 1.78. The standard InChI is InChI=1S/C23H28F2N2O3/c1-15(5-6-16-9-12-19(24)20(25)13-16)26-21(28)14-17-7-10-18(11-8-17)27-22(29)30-23(2,3)4/h7-13,15H,5-6,14H2,1-4H3,(H,26,28)(H,27,29). The molecule has 162 valence electrons. The van der Waals surface area contributed by atoms with Crippen LogP contribution >= 0.6 is 0 Å². The Morgan fingerprint density at radius 2 is 1.63 bits per heavy atom. The van der Waals surface area contributed by atoms with Gasteiger partial charge in [-0.2, -0.15) is 0 Å². The second-order valence-corrected chi connectivity index (χ2v) is 8.26. The zero-order valence-corrected chi connectivity index (χ0v) is 17.7. The summed E-state index contributed by atoms with van der Waals surface area (Å²) in [5.74, 6) is -1.87. The smallest absolute Gasteiger partial charge is 0.412 e. The van der Waals surface area contributed by atoms with Crippen molar-refractivity contribution in [3.8, 4) is 0 Å². The van der Waals surface area contributed by atoms with Crippen LogP contribution in [-0.4, -0.2) is 23.6 Å². The van der Waals surface area contributed by atoms with E-state index in [1.54, 1.807) is 51.1 Å². The fourth-order valence-electron chi connectivity index (χ4n) is 2.79. The molecule has 1 unspecified atom stereocenters. The second kappa shape index (κ2) is 10.2. The van der Waals surface area contributed by atoms with Crippen LogP contribution < -0.4 is 10.6 Å². The number of carbonyl (C=O) groups excluding carboxylic acids is 2. The van der Waals surface area contributed by atoms with Crippen LogP contribution in [0.4, 0.5) is 19.3 Å². The number of hydrogen-bond donors (Lipinski definition) is 2. The quantitative estimate of drug-likeness (QED) is 0.666. The summed E-state index contributed by atoms with van der Waals surface area (Å²) in [4.78, 5) is 24.0. The molecule has 0 aliphatic carbocycles. The molecule has 30 heavy (non-hydrogen) atoms. The van der Waals surface area contributed by atoms with Crippen molar-refractivity contribution in [2.24, 2.45) is 0 Å². The summed E-state index contributed by atoms with van der Waals surface area (Å²) >= 11 is 0. The van der Waals surface area contributed by atoms with Crippen LogP contribution in [0.15, 0.2) is 42.5 Å². The maximum atomic E-state index is 13.3. The van der Waals surface area contributed by atoms with Crippen molar-refractivity contribution in [3.05, 3.63) is 65.2 Å². The van der Waals surface area contributed by atoms with Gasteiger partial charge in [0, 0.05) is 11.7 Å². The Morgan fingerprint density at radius 1 is 1.00 bits per heavy atom. The molecule has 0 aliphatic rings. The van der Waals surface area contributed by atoms with E-state index >= 15 is 0 Å². The minimum atomic E-state index is -0.868. The molecule has 0 heterocycles. The van der Waals surface area contributed by atoms with Gasteiger partial charge >= 0.3 is 6.09 Å². The van der Waals surface area contributed by atoms with Crippen molar-refractivity contribution in [1.29, 1.82) is 0 Å². The van der Waals surface area contributed by atoms with E-state index in [1.807, 2.05) is 6.92 Å². The van der Waals surface area contributed by atoms with Crippen LogP contribution in [0.25, 0.3) is 0 Å². The largest absolute Gasteiger partial charge is 0.444 e. The van der Waals surface area contributed by atoms with Crippen LogP contribution in [0.2, 0.25) is 0 Å². The number of hydrogen-bond acceptors (Lipinski definition) is 3. The van der Waals surface area contributed by atoms with E-state index in [4.69, 9.17) is 4.74 Å². The summed E-state index contributed by atoms with van der Waals surface area (Å²) in [5.41, 5.74) is 1.48. The van der Waals surface area contributed by atoms with Crippen LogP contribution in [-0.2, 0) is 22.4 Å². The Labute approximate surface area is 175 Å². The number of benzene rings is 2. The molecule has 2 aromatic carbocycles. The van der Waals surface area contributed by atoms with Crippen molar-refractivity contribution in [2.75, 3.05) is 5.32 Å². The van der Waals surface area contributed by atoms with Crippen molar-refractivity contribution in [1.82, 2.24) is 5.32 Å². The average Bonchev–Trinajstić information content (AvgIpc) is 2.62. The van der Waals surface area contributed by atoms with Crippen LogP contribution in [0, 0.1) is 11.6 Å². The highest BCUT2D eigenvalue weighted by molar-refractivity contribution is 5.85. The zero-order chi connectivity index (χ0) is 22.3. The number of nitrogens with one attached hydrogen (secondary N) is 2. The number of carbonyl (C=O) groups is 2. The normalized spacial score (nSPS) is 12.2. The Hall–Kier alpha value is -2.96. The molecule has 0 bridgehead atoms. The maximum absolute atomic E-state index is 13.3. The minimum absolute atomic E-state index is 0.112. The van der Waals surface area contributed by atoms with Gasteiger partial charge in [0.2, 0.25) is 5.91 Å². The summed E-state index contributed by atoms with van der Waals surface area (Å²) in [7, 11) is 0. The Bertz CT molecular complexity index is 877. The molecule has 2 aromatic rings. The van der Waals surface area contributed by atoms with Gasteiger partial charge in [-0.05, 0) is 75.9 Å². The second-order valence-electron chi connectivity index (χ2n) is 8.26. The highest BCUT2D eigenvalue weighted by Gasteiger charge is 2.16. The van der Waals surface area contributed by atoms with Gasteiger partial charge in [0.25, 0.3) is 0 Å². The number of rotatable bonds is 7. The Morgan fingerprint density at radius 3 is 2.23 bits per heavy atom. The van der Waals surface area contributed by atoms with Gasteiger partial charge in [-0.1, -0.05) is 18.2 Å². The fourth-order valence-corrected chi connectivity index (χ4v) is 2.79. The van der Waals surface area contributed by atoms with Crippen LogP contribution in [0.3, 0.4) is 0 Å². The number of aryl methyl sites for hydroxylation is 1. The van der Waals surface area contributed by atoms with E-state index in [-0.39, 0.29) is 18.4 Å². The van der Waals surface area contributed by atoms with Crippen LogP contribution in [0.1, 0.15) is 45.2 Å². The lowest BCUT2D eigenvalue weighted by Crippen LogP contribution is -2.34. The third-order valence-electron chi connectivity index (χ3n) is 4.22. The summed E-state index contributed by atoms with van der Waals surface area (Å²) in [6.07, 6.45) is 0.796. The number of halogens is 2. The molecule has 0 spiro atoms. The van der Waals surface area contributed by atoms with E-state index in [0.29, 0.717) is 24.1 Å². The first-order chi connectivity index (χ1) is 14.0. The van der Waals surface area contributed by atoms with E-state index in [0.717, 1.165) is 11.6 Å². The zero-order valence-electron chi connectivity index (χ0n) is 17.7. The van der Waals surface area contributed by atoms with Crippen molar-refractivity contribution in [2.45, 2.75) is 58.6 Å².